The summed E-state index contributed by atoms with van der Waals surface area (Å²) in [6.45, 7) is 5.78. The van der Waals surface area contributed by atoms with Gasteiger partial charge in [0.25, 0.3) is 0 Å². The number of nitrogens with zero attached hydrogens (tertiary/aromatic N) is 3. The molecule has 4 heterocycles. The largest absolute Gasteiger partial charge is 0.474 e. The van der Waals surface area contributed by atoms with Gasteiger partial charge in [-0.25, -0.2) is 9.97 Å². The van der Waals surface area contributed by atoms with Gasteiger partial charge in [-0.1, -0.05) is 6.07 Å². The van der Waals surface area contributed by atoms with E-state index in [0.29, 0.717) is 5.88 Å². The van der Waals surface area contributed by atoms with Crippen molar-refractivity contribution in [1.29, 1.82) is 0 Å². The third-order valence-corrected chi connectivity index (χ3v) is 5.53. The molecule has 1 atom stereocenters. The quantitative estimate of drug-likeness (QED) is 0.862. The van der Waals surface area contributed by atoms with Crippen LogP contribution in [0.15, 0.2) is 29.9 Å². The average molecular weight is 331 g/mol. The lowest BCUT2D eigenvalue weighted by Gasteiger charge is -2.53. The zero-order valence-electron chi connectivity index (χ0n) is 13.3. The van der Waals surface area contributed by atoms with Crippen molar-refractivity contribution in [3.63, 3.8) is 0 Å². The SMILES string of the molecule is Cc1ncsc1CN1CC2(C[C@H](Oc3ccccn3)CCO2)C1. The predicted octanol–water partition coefficient (Wildman–Crippen LogP) is 2.66. The van der Waals surface area contributed by atoms with E-state index in [-0.39, 0.29) is 11.7 Å². The maximum atomic E-state index is 6.09. The molecule has 2 aromatic rings. The number of thiazole rings is 1. The highest BCUT2D eigenvalue weighted by Crippen LogP contribution is 2.36. The number of aryl methyl sites for hydroxylation is 1. The second-order valence-corrected chi connectivity index (χ2v) is 7.38. The van der Waals surface area contributed by atoms with Crippen LogP contribution < -0.4 is 4.74 Å². The maximum Gasteiger partial charge on any atom is 0.213 e. The van der Waals surface area contributed by atoms with E-state index in [1.165, 1.54) is 4.88 Å². The lowest BCUT2D eigenvalue weighted by Crippen LogP contribution is -2.65. The Morgan fingerprint density at radius 3 is 3.04 bits per heavy atom. The molecule has 4 rings (SSSR count). The van der Waals surface area contributed by atoms with Gasteiger partial charge in [0.05, 0.1) is 23.4 Å². The molecule has 0 N–H and O–H groups in total. The van der Waals surface area contributed by atoms with Gasteiger partial charge < -0.3 is 9.47 Å². The zero-order valence-corrected chi connectivity index (χ0v) is 14.1. The van der Waals surface area contributed by atoms with Crippen LogP contribution in [0.3, 0.4) is 0 Å². The zero-order chi connectivity index (χ0) is 15.7. The average Bonchev–Trinajstić information content (AvgIpc) is 2.92. The second-order valence-electron chi connectivity index (χ2n) is 6.44. The van der Waals surface area contributed by atoms with Crippen LogP contribution in [0.25, 0.3) is 0 Å². The summed E-state index contributed by atoms with van der Waals surface area (Å²) in [7, 11) is 0. The molecule has 0 aliphatic carbocycles. The lowest BCUT2D eigenvalue weighted by molar-refractivity contribution is -0.188. The van der Waals surface area contributed by atoms with Crippen molar-refractivity contribution >= 4 is 11.3 Å². The first kappa shape index (κ1) is 15.1. The van der Waals surface area contributed by atoms with Crippen molar-refractivity contribution in [2.45, 2.75) is 38.0 Å². The molecular formula is C17H21N3O2S. The molecule has 0 bridgehead atoms. The summed E-state index contributed by atoms with van der Waals surface area (Å²) in [5, 5.41) is 0. The van der Waals surface area contributed by atoms with E-state index in [2.05, 4.69) is 21.8 Å². The summed E-state index contributed by atoms with van der Waals surface area (Å²) in [5.74, 6) is 0.714. The molecule has 1 spiro atoms. The van der Waals surface area contributed by atoms with Gasteiger partial charge in [0.2, 0.25) is 5.88 Å². The van der Waals surface area contributed by atoms with E-state index >= 15 is 0 Å². The summed E-state index contributed by atoms with van der Waals surface area (Å²) in [6.07, 6.45) is 3.85. The smallest absolute Gasteiger partial charge is 0.213 e. The molecule has 0 unspecified atom stereocenters. The van der Waals surface area contributed by atoms with Gasteiger partial charge in [0.1, 0.15) is 6.10 Å². The van der Waals surface area contributed by atoms with E-state index in [9.17, 15) is 0 Å². The fraction of sp³-hybridized carbons (Fsp3) is 0.529. The molecule has 6 heteroatoms. The summed E-state index contributed by atoms with van der Waals surface area (Å²) < 4.78 is 12.1. The molecule has 23 heavy (non-hydrogen) atoms. The number of likely N-dealkylation sites (tertiary alicyclic amines) is 1. The van der Waals surface area contributed by atoms with E-state index in [1.54, 1.807) is 17.5 Å². The Labute approximate surface area is 140 Å². The van der Waals surface area contributed by atoms with Gasteiger partial charge in [-0.3, -0.25) is 4.90 Å². The van der Waals surface area contributed by atoms with Crippen molar-refractivity contribution in [3.05, 3.63) is 40.5 Å². The third-order valence-electron chi connectivity index (χ3n) is 4.61. The van der Waals surface area contributed by atoms with Crippen molar-refractivity contribution in [1.82, 2.24) is 14.9 Å². The van der Waals surface area contributed by atoms with E-state index in [0.717, 1.165) is 44.8 Å². The highest BCUT2D eigenvalue weighted by atomic mass is 32.1. The van der Waals surface area contributed by atoms with Gasteiger partial charge >= 0.3 is 0 Å². The van der Waals surface area contributed by atoms with Crippen LogP contribution in [-0.4, -0.2) is 46.3 Å². The molecule has 2 aliphatic heterocycles. The van der Waals surface area contributed by atoms with Crippen LogP contribution >= 0.6 is 11.3 Å². The Morgan fingerprint density at radius 2 is 2.30 bits per heavy atom. The standard InChI is InChI=1S/C17H21N3O2S/c1-13-15(23-12-19-13)9-20-10-17(11-20)8-14(5-7-21-17)22-16-4-2-3-6-18-16/h2-4,6,12,14H,5,7-11H2,1H3/t14-/m1/s1. The second kappa shape index (κ2) is 6.19. The Morgan fingerprint density at radius 1 is 1.39 bits per heavy atom. The van der Waals surface area contributed by atoms with Crippen LogP contribution in [0.2, 0.25) is 0 Å². The summed E-state index contributed by atoms with van der Waals surface area (Å²) in [6, 6.07) is 5.78. The minimum Gasteiger partial charge on any atom is -0.474 e. The summed E-state index contributed by atoms with van der Waals surface area (Å²) >= 11 is 1.74. The molecule has 122 valence electrons. The minimum absolute atomic E-state index is 0.0315. The van der Waals surface area contributed by atoms with E-state index in [1.807, 2.05) is 23.7 Å². The molecule has 2 aliphatic rings. The molecule has 0 radical (unpaired) electrons. The van der Waals surface area contributed by atoms with Gasteiger partial charge in [0.15, 0.2) is 0 Å². The maximum absolute atomic E-state index is 6.09. The summed E-state index contributed by atoms with van der Waals surface area (Å²) in [4.78, 5) is 12.4. The predicted molar refractivity (Wildman–Crippen MR) is 88.7 cm³/mol. The number of hydrogen-bond acceptors (Lipinski definition) is 6. The van der Waals surface area contributed by atoms with Gasteiger partial charge in [0, 0.05) is 49.6 Å². The fourth-order valence-electron chi connectivity index (χ4n) is 3.45. The van der Waals surface area contributed by atoms with Crippen LogP contribution in [0.5, 0.6) is 5.88 Å². The molecular weight excluding hydrogens is 310 g/mol. The van der Waals surface area contributed by atoms with Crippen molar-refractivity contribution in [2.75, 3.05) is 19.7 Å². The molecule has 2 aromatic heterocycles. The van der Waals surface area contributed by atoms with Gasteiger partial charge in [-0.05, 0) is 13.0 Å². The highest BCUT2D eigenvalue weighted by Gasteiger charge is 2.48. The number of aromatic nitrogens is 2. The van der Waals surface area contributed by atoms with E-state index in [4.69, 9.17) is 9.47 Å². The lowest BCUT2D eigenvalue weighted by atomic mass is 9.84. The molecule has 5 nitrogen and oxygen atoms in total. The Bertz CT molecular complexity index is 655. The normalized spacial score (nSPS) is 23.6. The van der Waals surface area contributed by atoms with Gasteiger partial charge in [-0.2, -0.15) is 0 Å². The molecule has 0 amide bonds. The van der Waals surface area contributed by atoms with Crippen LogP contribution in [0.1, 0.15) is 23.4 Å². The number of hydrogen-bond donors (Lipinski definition) is 0. The van der Waals surface area contributed by atoms with Crippen molar-refractivity contribution in [2.24, 2.45) is 0 Å². The monoisotopic (exact) mass is 331 g/mol. The van der Waals surface area contributed by atoms with Gasteiger partial charge in [-0.15, -0.1) is 11.3 Å². The number of rotatable bonds is 4. The minimum atomic E-state index is -0.0315. The summed E-state index contributed by atoms with van der Waals surface area (Å²) in [5.41, 5.74) is 3.04. The molecule has 2 fully saturated rings. The Kier molecular flexibility index (Phi) is 4.05. The topological polar surface area (TPSA) is 47.5 Å². The molecule has 0 saturated carbocycles. The van der Waals surface area contributed by atoms with E-state index < -0.39 is 0 Å². The van der Waals surface area contributed by atoms with Crippen molar-refractivity contribution in [3.8, 4) is 5.88 Å². The van der Waals surface area contributed by atoms with Crippen LogP contribution in [0, 0.1) is 6.92 Å². The van der Waals surface area contributed by atoms with Crippen LogP contribution in [-0.2, 0) is 11.3 Å². The Hall–Kier alpha value is -1.50. The van der Waals surface area contributed by atoms with Crippen molar-refractivity contribution < 1.29 is 9.47 Å². The van der Waals surface area contributed by atoms with Crippen LogP contribution in [0.4, 0.5) is 0 Å². The molecule has 2 saturated heterocycles. The highest BCUT2D eigenvalue weighted by molar-refractivity contribution is 7.09. The number of pyridine rings is 1. The first-order valence-electron chi connectivity index (χ1n) is 8.05. The first-order valence-corrected chi connectivity index (χ1v) is 8.93. The first-order chi connectivity index (χ1) is 11.2. The molecule has 0 aromatic carbocycles. The third kappa shape index (κ3) is 3.24. The Balaban J connectivity index is 1.33. The fourth-order valence-corrected chi connectivity index (χ4v) is 4.27. The number of ether oxygens (including phenoxy) is 2.